The Morgan fingerprint density at radius 3 is 2.68 bits per heavy atom. The molecule has 0 saturated carbocycles. The Morgan fingerprint density at radius 2 is 1.90 bits per heavy atom. The van der Waals surface area contributed by atoms with Gasteiger partial charge in [0.15, 0.2) is 5.65 Å². The van der Waals surface area contributed by atoms with Gasteiger partial charge in [-0.05, 0) is 56.7 Å². The number of carbonyl (C=O) groups excluding carboxylic acids is 1. The third-order valence-electron chi connectivity index (χ3n) is 6.76. The average Bonchev–Trinajstić information content (AvgIpc) is 3.52. The summed E-state index contributed by atoms with van der Waals surface area (Å²) in [6.07, 6.45) is 6.84. The number of fused-ring (bicyclic) bond motifs is 2. The summed E-state index contributed by atoms with van der Waals surface area (Å²) >= 11 is 0. The second-order valence-corrected chi connectivity index (χ2v) is 9.85. The molecule has 10 heteroatoms. The summed E-state index contributed by atoms with van der Waals surface area (Å²) in [6.45, 7) is 5.53. The molecule has 6 rings (SSSR count). The molecule has 4 aromatic heterocycles. The monoisotopic (exact) mass is 542 g/mol. The molecule has 1 atom stereocenters. The van der Waals surface area contributed by atoms with Gasteiger partial charge in [0, 0.05) is 31.2 Å². The molecule has 0 aliphatic carbocycles. The number of benzene rings is 2. The van der Waals surface area contributed by atoms with Crippen molar-refractivity contribution in [2.24, 2.45) is 7.05 Å². The molecule has 0 unspecified atom stereocenters. The van der Waals surface area contributed by atoms with Crippen LogP contribution < -0.4 is 10.9 Å². The Labute approximate surface area is 235 Å². The fraction of sp³-hybridized carbons (Fsp3) is 0.161. The standard InChI is InChI=1S/C31H26N8O2/c1-19-8-5-10-24(16-19)39-28(21(3)34-30(40)26-20(2)36-38-15-7-14-32-29(26)38)35-25-11-6-9-23(27(25)31(39)41)13-12-22-17-33-37(4)18-22/h5-11,14-18,21H,1-4H3,(H,34,40)/t21-/m1/s1. The third kappa shape index (κ3) is 4.74. The first kappa shape index (κ1) is 25.7. The smallest absolute Gasteiger partial charge is 0.267 e. The van der Waals surface area contributed by atoms with Gasteiger partial charge < -0.3 is 5.32 Å². The van der Waals surface area contributed by atoms with Crippen molar-refractivity contribution < 1.29 is 4.79 Å². The van der Waals surface area contributed by atoms with E-state index in [1.54, 1.807) is 64.4 Å². The van der Waals surface area contributed by atoms with Gasteiger partial charge in [-0.2, -0.15) is 10.2 Å². The highest BCUT2D eigenvalue weighted by molar-refractivity contribution is 6.01. The number of nitrogens with one attached hydrogen (secondary N) is 1. The van der Waals surface area contributed by atoms with Crippen molar-refractivity contribution in [1.82, 2.24) is 39.2 Å². The van der Waals surface area contributed by atoms with Gasteiger partial charge in [-0.25, -0.2) is 14.5 Å². The molecule has 4 heterocycles. The van der Waals surface area contributed by atoms with E-state index in [-0.39, 0.29) is 11.5 Å². The number of amides is 1. The topological polar surface area (TPSA) is 112 Å². The molecule has 202 valence electrons. The zero-order chi connectivity index (χ0) is 28.7. The zero-order valence-corrected chi connectivity index (χ0v) is 23.0. The first-order valence-corrected chi connectivity index (χ1v) is 13.0. The van der Waals surface area contributed by atoms with Crippen LogP contribution in [0.5, 0.6) is 0 Å². The quantitative estimate of drug-likeness (QED) is 0.340. The van der Waals surface area contributed by atoms with Gasteiger partial charge in [-0.1, -0.05) is 30.0 Å². The van der Waals surface area contributed by atoms with Crippen LogP contribution in [-0.4, -0.2) is 39.8 Å². The van der Waals surface area contributed by atoms with E-state index in [0.29, 0.717) is 44.9 Å². The van der Waals surface area contributed by atoms with E-state index in [1.165, 1.54) is 0 Å². The van der Waals surface area contributed by atoms with Crippen LogP contribution in [0.1, 0.15) is 51.5 Å². The summed E-state index contributed by atoms with van der Waals surface area (Å²) in [5, 5.41) is 12.0. The van der Waals surface area contributed by atoms with Crippen LogP contribution in [0.4, 0.5) is 0 Å². The number of nitrogens with zero attached hydrogens (tertiary/aromatic N) is 7. The number of aromatic nitrogens is 7. The summed E-state index contributed by atoms with van der Waals surface area (Å²) in [5.74, 6) is 6.25. The molecule has 0 radical (unpaired) electrons. The van der Waals surface area contributed by atoms with Crippen LogP contribution >= 0.6 is 0 Å². The van der Waals surface area contributed by atoms with Gasteiger partial charge in [0.2, 0.25) is 0 Å². The van der Waals surface area contributed by atoms with Crippen molar-refractivity contribution in [3.8, 4) is 17.5 Å². The second kappa shape index (κ2) is 10.2. The van der Waals surface area contributed by atoms with Crippen molar-refractivity contribution in [1.29, 1.82) is 0 Å². The molecule has 0 spiro atoms. The molecular formula is C31H26N8O2. The Bertz CT molecular complexity index is 2090. The fourth-order valence-corrected chi connectivity index (χ4v) is 4.88. The summed E-state index contributed by atoms with van der Waals surface area (Å²) in [5.41, 5.74) is 4.50. The van der Waals surface area contributed by atoms with Crippen LogP contribution in [0.15, 0.2) is 78.1 Å². The molecule has 0 aliphatic rings. The first-order valence-electron chi connectivity index (χ1n) is 13.0. The predicted molar refractivity (Wildman–Crippen MR) is 155 cm³/mol. The minimum Gasteiger partial charge on any atom is -0.342 e. The van der Waals surface area contributed by atoms with E-state index >= 15 is 0 Å². The van der Waals surface area contributed by atoms with Crippen molar-refractivity contribution in [2.45, 2.75) is 26.8 Å². The summed E-state index contributed by atoms with van der Waals surface area (Å²) in [6, 6.07) is 14.1. The zero-order valence-electron chi connectivity index (χ0n) is 23.0. The Hall–Kier alpha value is -5.56. The Balaban J connectivity index is 1.49. The summed E-state index contributed by atoms with van der Waals surface area (Å²) in [7, 11) is 1.82. The number of hydrogen-bond acceptors (Lipinski definition) is 6. The lowest BCUT2D eigenvalue weighted by atomic mass is 10.1. The molecule has 0 bridgehead atoms. The van der Waals surface area contributed by atoms with Crippen LogP contribution in [0, 0.1) is 25.7 Å². The highest BCUT2D eigenvalue weighted by Crippen LogP contribution is 2.22. The van der Waals surface area contributed by atoms with Crippen molar-refractivity contribution >= 4 is 22.5 Å². The van der Waals surface area contributed by atoms with E-state index in [0.717, 1.165) is 11.1 Å². The maximum absolute atomic E-state index is 14.2. The van der Waals surface area contributed by atoms with Crippen molar-refractivity contribution in [2.75, 3.05) is 0 Å². The molecule has 41 heavy (non-hydrogen) atoms. The largest absolute Gasteiger partial charge is 0.342 e. The lowest BCUT2D eigenvalue weighted by Gasteiger charge is -2.20. The van der Waals surface area contributed by atoms with Gasteiger partial charge in [-0.3, -0.25) is 18.8 Å². The van der Waals surface area contributed by atoms with Crippen LogP contribution in [0.3, 0.4) is 0 Å². The fourth-order valence-electron chi connectivity index (χ4n) is 4.88. The third-order valence-corrected chi connectivity index (χ3v) is 6.76. The molecule has 0 saturated heterocycles. The van der Waals surface area contributed by atoms with Crippen LogP contribution in [0.25, 0.3) is 22.2 Å². The SMILES string of the molecule is Cc1cccc(-n2c([C@@H](C)NC(=O)c3c(C)nn4cccnc34)nc3cccc(C#Cc4cnn(C)c4)c3c2=O)c1. The van der Waals surface area contributed by atoms with E-state index in [1.807, 2.05) is 50.5 Å². The maximum Gasteiger partial charge on any atom is 0.267 e. The molecule has 2 aromatic carbocycles. The van der Waals surface area contributed by atoms with E-state index in [9.17, 15) is 9.59 Å². The molecule has 0 aliphatic heterocycles. The number of rotatable bonds is 4. The maximum atomic E-state index is 14.2. The minimum atomic E-state index is -0.636. The van der Waals surface area contributed by atoms with Crippen molar-refractivity contribution in [3.63, 3.8) is 0 Å². The van der Waals surface area contributed by atoms with Gasteiger partial charge in [0.25, 0.3) is 11.5 Å². The van der Waals surface area contributed by atoms with Crippen LogP contribution in [-0.2, 0) is 7.05 Å². The van der Waals surface area contributed by atoms with Gasteiger partial charge in [0.1, 0.15) is 11.4 Å². The van der Waals surface area contributed by atoms with Gasteiger partial charge >= 0.3 is 0 Å². The van der Waals surface area contributed by atoms with E-state index in [2.05, 4.69) is 32.3 Å². The minimum absolute atomic E-state index is 0.276. The molecular weight excluding hydrogens is 516 g/mol. The van der Waals surface area contributed by atoms with Gasteiger partial charge in [0.05, 0.1) is 40.1 Å². The average molecular weight is 543 g/mol. The number of aryl methyl sites for hydroxylation is 3. The number of hydrogen-bond donors (Lipinski definition) is 1. The first-order chi connectivity index (χ1) is 19.8. The second-order valence-electron chi connectivity index (χ2n) is 9.85. The predicted octanol–water partition coefficient (Wildman–Crippen LogP) is 3.67. The van der Waals surface area contributed by atoms with E-state index in [4.69, 9.17) is 4.98 Å². The van der Waals surface area contributed by atoms with Crippen LogP contribution in [0.2, 0.25) is 0 Å². The Morgan fingerprint density at radius 1 is 1.07 bits per heavy atom. The van der Waals surface area contributed by atoms with E-state index < -0.39 is 6.04 Å². The Kier molecular flexibility index (Phi) is 6.40. The van der Waals surface area contributed by atoms with Gasteiger partial charge in [-0.15, -0.1) is 0 Å². The highest BCUT2D eigenvalue weighted by atomic mass is 16.2. The highest BCUT2D eigenvalue weighted by Gasteiger charge is 2.24. The lowest BCUT2D eigenvalue weighted by molar-refractivity contribution is 0.0938. The summed E-state index contributed by atoms with van der Waals surface area (Å²) < 4.78 is 4.79. The molecule has 1 N–H and O–H groups in total. The molecule has 6 aromatic rings. The molecule has 10 nitrogen and oxygen atoms in total. The summed E-state index contributed by atoms with van der Waals surface area (Å²) in [4.78, 5) is 37.0. The lowest BCUT2D eigenvalue weighted by Crippen LogP contribution is -2.33. The van der Waals surface area contributed by atoms with Crippen molar-refractivity contribution in [3.05, 3.63) is 117 Å². The number of carbonyl (C=O) groups is 1. The normalized spacial score (nSPS) is 11.8. The molecule has 1 amide bonds. The molecule has 0 fully saturated rings.